The van der Waals surface area contributed by atoms with Crippen molar-refractivity contribution in [3.63, 3.8) is 0 Å². The van der Waals surface area contributed by atoms with E-state index in [1.54, 1.807) is 7.11 Å². The van der Waals surface area contributed by atoms with E-state index in [0.29, 0.717) is 0 Å². The molecule has 23 heavy (non-hydrogen) atoms. The molecule has 4 rings (SSSR count). The van der Waals surface area contributed by atoms with Crippen LogP contribution in [-0.2, 0) is 13.0 Å². The number of nitrogens with zero attached hydrogens (tertiary/aromatic N) is 2. The Bertz CT molecular complexity index is 877. The van der Waals surface area contributed by atoms with Crippen molar-refractivity contribution in [2.45, 2.75) is 13.0 Å². The monoisotopic (exact) mass is 306 g/mol. The summed E-state index contributed by atoms with van der Waals surface area (Å²) in [4.78, 5) is 2.25. The first-order chi connectivity index (χ1) is 11.2. The van der Waals surface area contributed by atoms with E-state index in [9.17, 15) is 0 Å². The number of hydrogen-bond donors (Lipinski definition) is 0. The average Bonchev–Trinajstić information content (AvgIpc) is 3.07. The fourth-order valence-electron chi connectivity index (χ4n) is 3.65. The lowest BCUT2D eigenvalue weighted by Crippen LogP contribution is -2.15. The second kappa shape index (κ2) is 5.43. The molecule has 0 saturated heterocycles. The van der Waals surface area contributed by atoms with Crippen molar-refractivity contribution < 1.29 is 4.74 Å². The van der Waals surface area contributed by atoms with Crippen LogP contribution in [0.15, 0.2) is 42.5 Å². The van der Waals surface area contributed by atoms with E-state index in [-0.39, 0.29) is 0 Å². The fourth-order valence-corrected chi connectivity index (χ4v) is 3.65. The molecule has 118 valence electrons. The smallest absolute Gasteiger partial charge is 0.119 e. The Morgan fingerprint density at radius 3 is 2.74 bits per heavy atom. The van der Waals surface area contributed by atoms with Crippen LogP contribution in [0.2, 0.25) is 0 Å². The van der Waals surface area contributed by atoms with Gasteiger partial charge in [0.05, 0.1) is 12.8 Å². The number of aromatic nitrogens is 1. The predicted octanol–water partition coefficient (Wildman–Crippen LogP) is 3.78. The van der Waals surface area contributed by atoms with Crippen molar-refractivity contribution in [1.82, 2.24) is 9.47 Å². The van der Waals surface area contributed by atoms with Crippen molar-refractivity contribution in [3.05, 3.63) is 53.6 Å². The van der Waals surface area contributed by atoms with Crippen LogP contribution in [0.1, 0.15) is 11.1 Å². The molecule has 0 N–H and O–H groups in total. The quantitative estimate of drug-likeness (QED) is 0.571. The van der Waals surface area contributed by atoms with Gasteiger partial charge in [0.2, 0.25) is 0 Å². The Labute approximate surface area is 137 Å². The molecule has 0 bridgehead atoms. The van der Waals surface area contributed by atoms with Gasteiger partial charge in [0.25, 0.3) is 0 Å². The first-order valence-electron chi connectivity index (χ1n) is 8.11. The molecule has 3 nitrogen and oxygen atoms in total. The molecule has 3 heteroatoms. The van der Waals surface area contributed by atoms with Gasteiger partial charge in [-0.05, 0) is 49.8 Å². The van der Waals surface area contributed by atoms with Crippen molar-refractivity contribution >= 4 is 10.9 Å². The highest BCUT2D eigenvalue weighted by Crippen LogP contribution is 2.42. The number of rotatable bonds is 4. The van der Waals surface area contributed by atoms with E-state index in [4.69, 9.17) is 4.74 Å². The number of likely N-dealkylation sites (N-methyl/N-ethyl adjacent to an activating group) is 1. The van der Waals surface area contributed by atoms with Crippen LogP contribution >= 0.6 is 0 Å². The van der Waals surface area contributed by atoms with Gasteiger partial charge < -0.3 is 14.2 Å². The number of methoxy groups -OCH3 is 1. The van der Waals surface area contributed by atoms with Crippen LogP contribution in [0.3, 0.4) is 0 Å². The van der Waals surface area contributed by atoms with Gasteiger partial charge in [0, 0.05) is 29.6 Å². The standard InChI is InChI=1S/C20H22N2O/c1-21(2)11-10-17-18-12-15(23-3)8-9-19(18)22-13-14-6-4-5-7-16(14)20(17)22/h4-9,12H,10-11,13H2,1-3H3. The minimum absolute atomic E-state index is 0.932. The predicted molar refractivity (Wildman–Crippen MR) is 95.3 cm³/mol. The SMILES string of the molecule is COc1ccc2c(c1)c(CCN(C)C)c1n2Cc2ccccc2-1. The minimum atomic E-state index is 0.932. The molecule has 1 aliphatic heterocycles. The highest BCUT2D eigenvalue weighted by atomic mass is 16.5. The second-order valence-corrected chi connectivity index (χ2v) is 6.51. The molecule has 0 spiro atoms. The summed E-state index contributed by atoms with van der Waals surface area (Å²) in [6.07, 6.45) is 1.05. The van der Waals surface area contributed by atoms with Crippen molar-refractivity contribution in [2.75, 3.05) is 27.7 Å². The Morgan fingerprint density at radius 2 is 1.96 bits per heavy atom. The molecule has 0 radical (unpaired) electrons. The largest absolute Gasteiger partial charge is 0.497 e. The highest BCUT2D eigenvalue weighted by molar-refractivity contribution is 5.95. The molecule has 0 atom stereocenters. The van der Waals surface area contributed by atoms with Crippen LogP contribution in [0, 0.1) is 0 Å². The maximum absolute atomic E-state index is 5.45. The van der Waals surface area contributed by atoms with Crippen LogP contribution in [-0.4, -0.2) is 37.2 Å². The van der Waals surface area contributed by atoms with Crippen LogP contribution in [0.25, 0.3) is 22.2 Å². The normalized spacial score (nSPS) is 12.7. The molecule has 1 aromatic heterocycles. The first-order valence-corrected chi connectivity index (χ1v) is 8.11. The summed E-state index contributed by atoms with van der Waals surface area (Å²) in [7, 11) is 6.00. The molecule has 1 aliphatic rings. The van der Waals surface area contributed by atoms with E-state index >= 15 is 0 Å². The molecular formula is C20H22N2O. The Hall–Kier alpha value is -2.26. The molecule has 0 amide bonds. The van der Waals surface area contributed by atoms with Gasteiger partial charge in [-0.25, -0.2) is 0 Å². The van der Waals surface area contributed by atoms with E-state index in [2.05, 4.69) is 66.0 Å². The van der Waals surface area contributed by atoms with Gasteiger partial charge in [-0.15, -0.1) is 0 Å². The first kappa shape index (κ1) is 14.3. The maximum atomic E-state index is 5.45. The maximum Gasteiger partial charge on any atom is 0.119 e. The highest BCUT2D eigenvalue weighted by Gasteiger charge is 2.25. The summed E-state index contributed by atoms with van der Waals surface area (Å²) < 4.78 is 7.92. The zero-order valence-electron chi connectivity index (χ0n) is 14.0. The lowest BCUT2D eigenvalue weighted by Gasteiger charge is -2.11. The summed E-state index contributed by atoms with van der Waals surface area (Å²) in [5.41, 5.74) is 6.96. The van der Waals surface area contributed by atoms with E-state index in [0.717, 1.165) is 25.3 Å². The van der Waals surface area contributed by atoms with Gasteiger partial charge in [0.15, 0.2) is 0 Å². The average molecular weight is 306 g/mol. The van der Waals surface area contributed by atoms with E-state index < -0.39 is 0 Å². The summed E-state index contributed by atoms with van der Waals surface area (Å²) in [5.74, 6) is 0.932. The molecule has 0 fully saturated rings. The Kier molecular flexibility index (Phi) is 3.38. The van der Waals surface area contributed by atoms with Gasteiger partial charge in [-0.2, -0.15) is 0 Å². The molecular weight excluding hydrogens is 284 g/mol. The zero-order chi connectivity index (χ0) is 16.0. The third-order valence-corrected chi connectivity index (χ3v) is 4.79. The fraction of sp³-hybridized carbons (Fsp3) is 0.300. The molecule has 2 aromatic carbocycles. The van der Waals surface area contributed by atoms with E-state index in [1.807, 2.05) is 0 Å². The second-order valence-electron chi connectivity index (χ2n) is 6.51. The van der Waals surface area contributed by atoms with Crippen LogP contribution in [0.4, 0.5) is 0 Å². The van der Waals surface area contributed by atoms with Crippen LogP contribution < -0.4 is 4.74 Å². The van der Waals surface area contributed by atoms with Crippen molar-refractivity contribution in [2.24, 2.45) is 0 Å². The summed E-state index contributed by atoms with van der Waals surface area (Å²) in [6, 6.07) is 15.2. The molecule has 0 aliphatic carbocycles. The Balaban J connectivity index is 1.96. The van der Waals surface area contributed by atoms with E-state index in [1.165, 1.54) is 33.3 Å². The van der Waals surface area contributed by atoms with Crippen molar-refractivity contribution in [1.29, 1.82) is 0 Å². The van der Waals surface area contributed by atoms with Crippen molar-refractivity contribution in [3.8, 4) is 17.0 Å². The Morgan fingerprint density at radius 1 is 1.13 bits per heavy atom. The summed E-state index contributed by atoms with van der Waals surface area (Å²) in [5, 5.41) is 1.33. The molecule has 2 heterocycles. The third kappa shape index (κ3) is 2.23. The van der Waals surface area contributed by atoms with Crippen LogP contribution in [0.5, 0.6) is 5.75 Å². The molecule has 0 unspecified atom stereocenters. The molecule has 0 saturated carbocycles. The van der Waals surface area contributed by atoms with Gasteiger partial charge in [-0.1, -0.05) is 24.3 Å². The number of benzene rings is 2. The number of ether oxygens (including phenoxy) is 1. The van der Waals surface area contributed by atoms with Gasteiger partial charge in [0.1, 0.15) is 5.75 Å². The lowest BCUT2D eigenvalue weighted by molar-refractivity contribution is 0.413. The number of hydrogen-bond acceptors (Lipinski definition) is 2. The lowest BCUT2D eigenvalue weighted by atomic mass is 10.00. The number of fused-ring (bicyclic) bond motifs is 5. The summed E-state index contributed by atoms with van der Waals surface area (Å²) in [6.45, 7) is 2.02. The topological polar surface area (TPSA) is 17.4 Å². The van der Waals surface area contributed by atoms with Gasteiger partial charge >= 0.3 is 0 Å². The van der Waals surface area contributed by atoms with Gasteiger partial charge in [-0.3, -0.25) is 0 Å². The zero-order valence-corrected chi connectivity index (χ0v) is 14.0. The third-order valence-electron chi connectivity index (χ3n) is 4.79. The minimum Gasteiger partial charge on any atom is -0.497 e. The molecule has 3 aromatic rings. The summed E-state index contributed by atoms with van der Waals surface area (Å²) >= 11 is 0.